The highest BCUT2D eigenvalue weighted by Gasteiger charge is 2.37. The molecular formula is C20H23ClN2O4S. The van der Waals surface area contributed by atoms with Crippen LogP contribution in [0.15, 0.2) is 47.4 Å². The monoisotopic (exact) mass is 422 g/mol. The second-order valence-corrected chi connectivity index (χ2v) is 9.51. The van der Waals surface area contributed by atoms with Crippen LogP contribution in [0.25, 0.3) is 0 Å². The third-order valence-electron chi connectivity index (χ3n) is 4.38. The normalized spacial score (nSPS) is 16.5. The summed E-state index contributed by atoms with van der Waals surface area (Å²) in [4.78, 5) is 12.7. The van der Waals surface area contributed by atoms with Gasteiger partial charge in [0.15, 0.2) is 6.10 Å². The Morgan fingerprint density at radius 3 is 2.57 bits per heavy atom. The number of ether oxygens (including phenoxy) is 1. The average molecular weight is 423 g/mol. The Bertz CT molecular complexity index is 974. The topological polar surface area (TPSA) is 75.7 Å². The van der Waals surface area contributed by atoms with Gasteiger partial charge in [-0.3, -0.25) is 9.10 Å². The van der Waals surface area contributed by atoms with Crippen molar-refractivity contribution in [1.29, 1.82) is 0 Å². The highest BCUT2D eigenvalue weighted by Crippen LogP contribution is 2.38. The Morgan fingerprint density at radius 1 is 1.25 bits per heavy atom. The molecule has 0 saturated carbocycles. The quantitative estimate of drug-likeness (QED) is 0.801. The molecule has 2 aromatic rings. The molecule has 3 rings (SSSR count). The molecule has 8 heteroatoms. The summed E-state index contributed by atoms with van der Waals surface area (Å²) in [6.45, 7) is 6.20. The van der Waals surface area contributed by atoms with Gasteiger partial charge in [-0.15, -0.1) is 0 Å². The van der Waals surface area contributed by atoms with Crippen molar-refractivity contribution < 1.29 is 17.9 Å². The number of benzene rings is 2. The van der Waals surface area contributed by atoms with E-state index in [1.165, 1.54) is 10.4 Å². The van der Waals surface area contributed by atoms with Gasteiger partial charge in [-0.25, -0.2) is 8.42 Å². The molecule has 1 unspecified atom stereocenters. The number of carbonyl (C=O) groups excluding carboxylic acids is 1. The summed E-state index contributed by atoms with van der Waals surface area (Å²) < 4.78 is 33.6. The third-order valence-corrected chi connectivity index (χ3v) is 6.41. The summed E-state index contributed by atoms with van der Waals surface area (Å²) in [7, 11) is -3.89. The van der Waals surface area contributed by atoms with Gasteiger partial charge in [-0.2, -0.15) is 0 Å². The Hall–Kier alpha value is -2.25. The second kappa shape index (κ2) is 8.01. The smallest absolute Gasteiger partial charge is 0.264 e. The van der Waals surface area contributed by atoms with Gasteiger partial charge in [0.05, 0.1) is 17.1 Å². The van der Waals surface area contributed by atoms with Crippen molar-refractivity contribution in [2.24, 2.45) is 5.92 Å². The maximum absolute atomic E-state index is 13.3. The molecule has 0 radical (unpaired) electrons. The summed E-state index contributed by atoms with van der Waals surface area (Å²) in [6.07, 6.45) is -0.951. The average Bonchev–Trinajstić information content (AvgIpc) is 2.65. The number of rotatable bonds is 5. The van der Waals surface area contributed by atoms with Crippen molar-refractivity contribution in [2.75, 3.05) is 17.4 Å². The number of nitrogens with zero attached hydrogens (tertiary/aromatic N) is 1. The zero-order valence-corrected chi connectivity index (χ0v) is 17.5. The summed E-state index contributed by atoms with van der Waals surface area (Å²) in [5.41, 5.74) is 1.27. The van der Waals surface area contributed by atoms with Crippen LogP contribution in [-0.4, -0.2) is 33.5 Å². The van der Waals surface area contributed by atoms with Crippen LogP contribution in [0.5, 0.6) is 5.75 Å². The molecule has 1 atom stereocenters. The highest BCUT2D eigenvalue weighted by atomic mass is 35.5. The fraction of sp³-hybridized carbons (Fsp3) is 0.350. The lowest BCUT2D eigenvalue weighted by atomic mass is 10.2. The molecule has 0 spiro atoms. The van der Waals surface area contributed by atoms with Gasteiger partial charge in [0.2, 0.25) is 0 Å². The third kappa shape index (κ3) is 4.25. The number of sulfonamides is 1. The van der Waals surface area contributed by atoms with Crippen LogP contribution >= 0.6 is 11.6 Å². The Balaban J connectivity index is 1.99. The fourth-order valence-electron chi connectivity index (χ4n) is 2.84. The largest absolute Gasteiger partial charge is 0.476 e. The van der Waals surface area contributed by atoms with Crippen LogP contribution in [-0.2, 0) is 14.8 Å². The minimum atomic E-state index is -3.89. The van der Waals surface area contributed by atoms with Gasteiger partial charge < -0.3 is 10.1 Å². The minimum Gasteiger partial charge on any atom is -0.476 e. The highest BCUT2D eigenvalue weighted by molar-refractivity contribution is 7.92. The van der Waals surface area contributed by atoms with E-state index in [0.29, 0.717) is 23.0 Å². The zero-order valence-electron chi connectivity index (χ0n) is 16.0. The van der Waals surface area contributed by atoms with E-state index in [1.54, 1.807) is 36.4 Å². The van der Waals surface area contributed by atoms with E-state index in [9.17, 15) is 13.2 Å². The summed E-state index contributed by atoms with van der Waals surface area (Å²) in [5.74, 6) is 0.223. The van der Waals surface area contributed by atoms with E-state index in [0.717, 1.165) is 5.56 Å². The Kier molecular flexibility index (Phi) is 5.86. The molecule has 0 saturated heterocycles. The predicted octanol–water partition coefficient (Wildman–Crippen LogP) is 3.38. The SMILES string of the molecule is Cc1ccc(S(=O)(=O)N2CC(C(=O)NCC(C)C)Oc3ccc(Cl)cc32)cc1. The van der Waals surface area contributed by atoms with Crippen molar-refractivity contribution in [1.82, 2.24) is 5.32 Å². The van der Waals surface area contributed by atoms with Crippen LogP contribution < -0.4 is 14.4 Å². The van der Waals surface area contributed by atoms with Crippen LogP contribution in [0.2, 0.25) is 5.02 Å². The van der Waals surface area contributed by atoms with Crippen molar-refractivity contribution >= 4 is 33.2 Å². The molecule has 0 bridgehead atoms. The summed E-state index contributed by atoms with van der Waals surface area (Å²) in [6, 6.07) is 11.3. The number of anilines is 1. The number of hydrogen-bond donors (Lipinski definition) is 1. The molecule has 2 aromatic carbocycles. The van der Waals surface area contributed by atoms with Crippen LogP contribution in [0, 0.1) is 12.8 Å². The van der Waals surface area contributed by atoms with E-state index in [2.05, 4.69) is 5.32 Å². The predicted molar refractivity (Wildman–Crippen MR) is 109 cm³/mol. The summed E-state index contributed by atoms with van der Waals surface area (Å²) >= 11 is 6.09. The molecule has 6 nitrogen and oxygen atoms in total. The Morgan fingerprint density at radius 2 is 1.93 bits per heavy atom. The number of halogens is 1. The summed E-state index contributed by atoms with van der Waals surface area (Å²) in [5, 5.41) is 3.19. The molecule has 1 aliphatic heterocycles. The number of fused-ring (bicyclic) bond motifs is 1. The molecule has 1 N–H and O–H groups in total. The van der Waals surface area contributed by atoms with E-state index < -0.39 is 16.1 Å². The number of amides is 1. The van der Waals surface area contributed by atoms with Gasteiger partial charge in [0.1, 0.15) is 5.75 Å². The molecule has 0 aromatic heterocycles. The van der Waals surface area contributed by atoms with Gasteiger partial charge >= 0.3 is 0 Å². The van der Waals surface area contributed by atoms with Gasteiger partial charge in [0, 0.05) is 11.6 Å². The van der Waals surface area contributed by atoms with Crippen molar-refractivity contribution in [3.63, 3.8) is 0 Å². The van der Waals surface area contributed by atoms with Crippen LogP contribution in [0.1, 0.15) is 19.4 Å². The van der Waals surface area contributed by atoms with E-state index >= 15 is 0 Å². The van der Waals surface area contributed by atoms with E-state index in [4.69, 9.17) is 16.3 Å². The molecule has 1 aliphatic rings. The first kappa shape index (κ1) is 20.5. The Labute approximate surface area is 170 Å². The minimum absolute atomic E-state index is 0.131. The van der Waals surface area contributed by atoms with E-state index in [-0.39, 0.29) is 23.3 Å². The maximum atomic E-state index is 13.3. The standard InChI is InChI=1S/C20H23ClN2O4S/c1-13(2)11-22-20(24)19-12-23(17-10-15(21)6-9-18(17)27-19)28(25,26)16-7-4-14(3)5-8-16/h4-10,13,19H,11-12H2,1-3H3,(H,22,24). The van der Waals surface area contributed by atoms with E-state index in [1.807, 2.05) is 20.8 Å². The van der Waals surface area contributed by atoms with Crippen LogP contribution in [0.3, 0.4) is 0 Å². The molecule has 1 amide bonds. The zero-order chi connectivity index (χ0) is 20.5. The number of nitrogens with one attached hydrogen (secondary N) is 1. The number of aryl methyl sites for hydroxylation is 1. The molecule has 28 heavy (non-hydrogen) atoms. The van der Waals surface area contributed by atoms with Gasteiger partial charge in [0.25, 0.3) is 15.9 Å². The first-order valence-electron chi connectivity index (χ1n) is 9.02. The number of hydrogen-bond acceptors (Lipinski definition) is 4. The molecule has 0 aliphatic carbocycles. The van der Waals surface area contributed by atoms with Crippen LogP contribution in [0.4, 0.5) is 5.69 Å². The molecule has 0 fully saturated rings. The maximum Gasteiger partial charge on any atom is 0.264 e. The fourth-order valence-corrected chi connectivity index (χ4v) is 4.48. The lowest BCUT2D eigenvalue weighted by Gasteiger charge is -2.35. The molecule has 150 valence electrons. The molecular weight excluding hydrogens is 400 g/mol. The van der Waals surface area contributed by atoms with Crippen molar-refractivity contribution in [2.45, 2.75) is 31.8 Å². The first-order valence-corrected chi connectivity index (χ1v) is 10.8. The lowest BCUT2D eigenvalue weighted by Crippen LogP contribution is -2.51. The first-order chi connectivity index (χ1) is 13.2. The van der Waals surface area contributed by atoms with Gasteiger partial charge in [-0.05, 0) is 43.2 Å². The number of carbonyl (C=O) groups is 1. The molecule has 1 heterocycles. The second-order valence-electron chi connectivity index (χ2n) is 7.21. The van der Waals surface area contributed by atoms with Crippen molar-refractivity contribution in [3.05, 3.63) is 53.1 Å². The van der Waals surface area contributed by atoms with Gasteiger partial charge in [-0.1, -0.05) is 43.1 Å². The van der Waals surface area contributed by atoms with Crippen molar-refractivity contribution in [3.8, 4) is 5.75 Å². The lowest BCUT2D eigenvalue weighted by molar-refractivity contribution is -0.127.